The van der Waals surface area contributed by atoms with Crippen molar-refractivity contribution in [1.29, 1.82) is 0 Å². The van der Waals surface area contributed by atoms with Crippen LogP contribution in [0.1, 0.15) is 40.0 Å². The zero-order valence-electron chi connectivity index (χ0n) is 20.4. The van der Waals surface area contributed by atoms with Crippen molar-refractivity contribution in [2.45, 2.75) is 57.8 Å². The number of rotatable bonds is 5. The van der Waals surface area contributed by atoms with Gasteiger partial charge in [0.2, 0.25) is 5.88 Å². The van der Waals surface area contributed by atoms with Gasteiger partial charge in [-0.3, -0.25) is 0 Å². The number of ether oxygens (including phenoxy) is 2. The molecule has 36 heavy (non-hydrogen) atoms. The molecule has 3 aromatic heterocycles. The van der Waals surface area contributed by atoms with Gasteiger partial charge in [0.25, 0.3) is 0 Å². The summed E-state index contributed by atoms with van der Waals surface area (Å²) in [4.78, 5) is 16.8. The minimum Gasteiger partial charge on any atom is -0.473 e. The second kappa shape index (κ2) is 10.1. The van der Waals surface area contributed by atoms with Crippen molar-refractivity contribution in [2.24, 2.45) is 0 Å². The highest BCUT2D eigenvalue weighted by atomic mass is 32.1. The molecular weight excluding hydrogens is 476 g/mol. The van der Waals surface area contributed by atoms with E-state index in [1.807, 2.05) is 62.8 Å². The van der Waals surface area contributed by atoms with Gasteiger partial charge in [-0.25, -0.2) is 14.5 Å². The lowest BCUT2D eigenvalue weighted by molar-refractivity contribution is 0.0490. The quantitative estimate of drug-likeness (QED) is 0.367. The molecule has 0 fully saturated rings. The van der Waals surface area contributed by atoms with Gasteiger partial charge in [0.15, 0.2) is 0 Å². The summed E-state index contributed by atoms with van der Waals surface area (Å²) in [5, 5.41) is 16.1. The van der Waals surface area contributed by atoms with E-state index < -0.39 is 11.7 Å². The Bertz CT molecular complexity index is 1360. The highest BCUT2D eigenvalue weighted by molar-refractivity contribution is 7.17. The Morgan fingerprint density at radius 3 is 2.75 bits per heavy atom. The van der Waals surface area contributed by atoms with E-state index in [9.17, 15) is 4.79 Å². The average molecular weight is 505 g/mol. The maximum Gasteiger partial charge on any atom is 0.407 e. The van der Waals surface area contributed by atoms with Crippen LogP contribution in [0.25, 0.3) is 27.2 Å². The van der Waals surface area contributed by atoms with E-state index >= 15 is 0 Å². The molecule has 5 rings (SSSR count). The van der Waals surface area contributed by atoms with E-state index in [1.165, 1.54) is 0 Å². The monoisotopic (exact) mass is 504 g/mol. The van der Waals surface area contributed by atoms with Crippen LogP contribution in [0.5, 0.6) is 5.88 Å². The molecule has 1 amide bonds. The molecule has 186 valence electrons. The van der Waals surface area contributed by atoms with Crippen molar-refractivity contribution in [3.63, 3.8) is 0 Å². The highest BCUT2D eigenvalue weighted by Crippen LogP contribution is 2.33. The van der Waals surface area contributed by atoms with Crippen LogP contribution in [-0.4, -0.2) is 48.8 Å². The first-order valence-corrected chi connectivity index (χ1v) is 12.8. The SMILES string of the molecule is CC(C)(C)OC(=O)NC1CC=CC[C@@H](Oc2ccc(-c3ccc(-n4cccn4)c4ncsc34)nn2)C1. The lowest BCUT2D eigenvalue weighted by Gasteiger charge is -2.24. The molecule has 1 unspecified atom stereocenters. The molecule has 1 aliphatic rings. The van der Waals surface area contributed by atoms with Crippen LogP contribution in [-0.2, 0) is 4.74 Å². The van der Waals surface area contributed by atoms with Crippen LogP contribution >= 0.6 is 11.3 Å². The minimum atomic E-state index is -0.540. The molecule has 0 saturated heterocycles. The Kier molecular flexibility index (Phi) is 6.69. The molecule has 2 atom stereocenters. The number of aromatic nitrogens is 5. The Balaban J connectivity index is 1.28. The number of carbonyl (C=O) groups is 1. The second-order valence-electron chi connectivity index (χ2n) is 9.63. The Hall–Kier alpha value is -3.79. The summed E-state index contributed by atoms with van der Waals surface area (Å²) < 4.78 is 14.4. The topological polar surface area (TPSA) is 104 Å². The fourth-order valence-corrected chi connectivity index (χ4v) is 4.97. The lowest BCUT2D eigenvalue weighted by atomic mass is 10.1. The predicted molar refractivity (Wildman–Crippen MR) is 138 cm³/mol. The number of fused-ring (bicyclic) bond motifs is 1. The Morgan fingerprint density at radius 1 is 1.14 bits per heavy atom. The van der Waals surface area contributed by atoms with Crippen LogP contribution in [0.15, 0.2) is 60.4 Å². The van der Waals surface area contributed by atoms with Crippen LogP contribution in [0.3, 0.4) is 0 Å². The van der Waals surface area contributed by atoms with Gasteiger partial charge in [-0.05, 0) is 51.5 Å². The van der Waals surface area contributed by atoms with Crippen molar-refractivity contribution in [2.75, 3.05) is 0 Å². The molecule has 0 bridgehead atoms. The highest BCUT2D eigenvalue weighted by Gasteiger charge is 2.24. The number of carbonyl (C=O) groups excluding carboxylic acids is 1. The molecule has 1 aromatic carbocycles. The van der Waals surface area contributed by atoms with Crippen molar-refractivity contribution < 1.29 is 14.3 Å². The summed E-state index contributed by atoms with van der Waals surface area (Å²) in [6.07, 6.45) is 9.33. The Morgan fingerprint density at radius 2 is 2.00 bits per heavy atom. The molecule has 0 spiro atoms. The molecule has 0 aliphatic heterocycles. The number of benzene rings is 1. The van der Waals surface area contributed by atoms with Gasteiger partial charge in [-0.1, -0.05) is 12.2 Å². The first kappa shape index (κ1) is 23.9. The van der Waals surface area contributed by atoms with Crippen LogP contribution in [0.4, 0.5) is 4.79 Å². The molecule has 3 heterocycles. The molecular formula is C26H28N6O3S. The number of hydrogen-bond donors (Lipinski definition) is 1. The fourth-order valence-electron chi connectivity index (χ4n) is 4.14. The molecule has 4 aromatic rings. The summed E-state index contributed by atoms with van der Waals surface area (Å²) in [5.41, 5.74) is 4.78. The summed E-state index contributed by atoms with van der Waals surface area (Å²) >= 11 is 1.56. The summed E-state index contributed by atoms with van der Waals surface area (Å²) in [6, 6.07) is 9.56. The third kappa shape index (κ3) is 5.54. The van der Waals surface area contributed by atoms with Crippen molar-refractivity contribution in [1.82, 2.24) is 30.3 Å². The first-order chi connectivity index (χ1) is 17.4. The molecule has 1 aliphatic carbocycles. The van der Waals surface area contributed by atoms with E-state index in [0.717, 1.165) is 40.0 Å². The van der Waals surface area contributed by atoms with Gasteiger partial charge in [0, 0.05) is 42.9 Å². The maximum atomic E-state index is 12.2. The van der Waals surface area contributed by atoms with E-state index in [-0.39, 0.29) is 12.1 Å². The molecule has 10 heteroatoms. The minimum absolute atomic E-state index is 0.0799. The summed E-state index contributed by atoms with van der Waals surface area (Å²) in [5.74, 6) is 0.448. The predicted octanol–water partition coefficient (Wildman–Crippen LogP) is 5.32. The van der Waals surface area contributed by atoms with Gasteiger partial charge < -0.3 is 14.8 Å². The van der Waals surface area contributed by atoms with Gasteiger partial charge in [0.05, 0.1) is 21.6 Å². The van der Waals surface area contributed by atoms with Gasteiger partial charge in [-0.15, -0.1) is 21.5 Å². The van der Waals surface area contributed by atoms with E-state index in [2.05, 4.69) is 37.7 Å². The first-order valence-electron chi connectivity index (χ1n) is 11.9. The number of nitrogens with one attached hydrogen (secondary N) is 1. The number of alkyl carbamates (subject to hydrolysis) is 1. The van der Waals surface area contributed by atoms with Crippen molar-refractivity contribution in [3.05, 3.63) is 60.4 Å². The largest absolute Gasteiger partial charge is 0.473 e. The maximum absolute atomic E-state index is 12.2. The van der Waals surface area contributed by atoms with Crippen molar-refractivity contribution >= 4 is 27.6 Å². The summed E-state index contributed by atoms with van der Waals surface area (Å²) in [6.45, 7) is 5.55. The lowest BCUT2D eigenvalue weighted by Crippen LogP contribution is -2.40. The van der Waals surface area contributed by atoms with Crippen LogP contribution in [0.2, 0.25) is 0 Å². The van der Waals surface area contributed by atoms with Crippen molar-refractivity contribution in [3.8, 4) is 22.8 Å². The number of nitrogens with zero attached hydrogens (tertiary/aromatic N) is 5. The second-order valence-corrected chi connectivity index (χ2v) is 10.5. The van der Waals surface area contributed by atoms with E-state index in [4.69, 9.17) is 9.47 Å². The van der Waals surface area contributed by atoms with Gasteiger partial charge in [0.1, 0.15) is 17.2 Å². The average Bonchev–Trinajstić information content (AvgIpc) is 3.49. The molecule has 9 nitrogen and oxygen atoms in total. The summed E-state index contributed by atoms with van der Waals surface area (Å²) in [7, 11) is 0. The van der Waals surface area contributed by atoms with Gasteiger partial charge >= 0.3 is 6.09 Å². The van der Waals surface area contributed by atoms with Crippen LogP contribution < -0.4 is 10.1 Å². The van der Waals surface area contributed by atoms with E-state index in [0.29, 0.717) is 12.3 Å². The number of hydrogen-bond acceptors (Lipinski definition) is 8. The third-order valence-electron chi connectivity index (χ3n) is 5.67. The van der Waals surface area contributed by atoms with E-state index in [1.54, 1.807) is 22.2 Å². The third-order valence-corrected chi connectivity index (χ3v) is 6.53. The van der Waals surface area contributed by atoms with Gasteiger partial charge in [-0.2, -0.15) is 5.10 Å². The standard InChI is InChI=1S/C26H28N6O3S/c1-26(2,3)35-25(33)29-17-7-4-5-8-18(15-17)34-22-12-10-20(30-31-22)19-9-11-21(32-14-6-13-28-32)23-24(19)36-16-27-23/h4-6,9-14,16-18H,7-8,15H2,1-3H3,(H,29,33)/t17?,18-/m1/s1. The molecule has 0 radical (unpaired) electrons. The zero-order chi connectivity index (χ0) is 25.1. The smallest absolute Gasteiger partial charge is 0.407 e. The number of thiazole rings is 1. The van der Waals surface area contributed by atoms with Crippen LogP contribution in [0, 0.1) is 0 Å². The zero-order valence-corrected chi connectivity index (χ0v) is 21.2. The molecule has 0 saturated carbocycles. The molecule has 1 N–H and O–H groups in total. The Labute approximate surface area is 213 Å². The number of amides is 1. The fraction of sp³-hybridized carbons (Fsp3) is 0.346. The normalized spacial score (nSPS) is 18.1.